The summed E-state index contributed by atoms with van der Waals surface area (Å²) in [6.45, 7) is 1.81. The highest BCUT2D eigenvalue weighted by molar-refractivity contribution is 5.74. The van der Waals surface area contributed by atoms with Crippen molar-refractivity contribution in [1.82, 2.24) is 20.8 Å². The van der Waals surface area contributed by atoms with E-state index in [1.807, 2.05) is 0 Å². The van der Waals surface area contributed by atoms with Gasteiger partial charge in [-0.3, -0.25) is 5.10 Å². The third-order valence-electron chi connectivity index (χ3n) is 3.12. The number of urea groups is 1. The minimum atomic E-state index is -1.16. The quantitative estimate of drug-likeness (QED) is 0.676. The van der Waals surface area contributed by atoms with Crippen LogP contribution in [0.25, 0.3) is 0 Å². The number of benzene rings is 1. The Hall–Kier alpha value is -2.48. The number of amides is 2. The van der Waals surface area contributed by atoms with Crippen LogP contribution in [0.1, 0.15) is 24.3 Å². The Morgan fingerprint density at radius 1 is 1.36 bits per heavy atom. The molecule has 0 aliphatic heterocycles. The van der Waals surface area contributed by atoms with E-state index < -0.39 is 29.8 Å². The van der Waals surface area contributed by atoms with E-state index in [1.54, 1.807) is 19.2 Å². The van der Waals surface area contributed by atoms with Gasteiger partial charge in [-0.25, -0.2) is 13.6 Å². The van der Waals surface area contributed by atoms with Crippen molar-refractivity contribution in [2.45, 2.75) is 25.6 Å². The van der Waals surface area contributed by atoms with Gasteiger partial charge >= 0.3 is 6.03 Å². The van der Waals surface area contributed by atoms with Crippen molar-refractivity contribution >= 4 is 6.03 Å². The smallest absolute Gasteiger partial charge is 0.315 e. The number of rotatable bonds is 5. The number of aromatic amines is 1. The highest BCUT2D eigenvalue weighted by atomic mass is 19.2. The fourth-order valence-corrected chi connectivity index (χ4v) is 1.88. The monoisotopic (exact) mass is 310 g/mol. The Labute approximate surface area is 125 Å². The standard InChI is InChI=1S/C14H16F2N4O2/c1-8(13(21)9-2-3-11(15)12(16)6-9)19-14(22)17-7-10-4-5-18-20-10/h2-6,8,13,21H,7H2,1H3,(H,18,20)(H2,17,19,22). The summed E-state index contributed by atoms with van der Waals surface area (Å²) in [5.41, 5.74) is 0.907. The highest BCUT2D eigenvalue weighted by Gasteiger charge is 2.19. The first-order chi connectivity index (χ1) is 10.5. The molecular formula is C14H16F2N4O2. The lowest BCUT2D eigenvalue weighted by atomic mass is 10.0. The van der Waals surface area contributed by atoms with Crippen LogP contribution in [0.5, 0.6) is 0 Å². The predicted octanol–water partition coefficient (Wildman–Crippen LogP) is 1.61. The fourth-order valence-electron chi connectivity index (χ4n) is 1.88. The van der Waals surface area contributed by atoms with Crippen LogP contribution in [-0.4, -0.2) is 27.4 Å². The molecular weight excluding hydrogens is 294 g/mol. The number of hydrogen-bond donors (Lipinski definition) is 4. The van der Waals surface area contributed by atoms with E-state index in [9.17, 15) is 18.7 Å². The second-order valence-electron chi connectivity index (χ2n) is 4.82. The molecule has 1 aromatic carbocycles. The number of nitrogens with one attached hydrogen (secondary N) is 3. The summed E-state index contributed by atoms with van der Waals surface area (Å²) in [7, 11) is 0. The van der Waals surface area contributed by atoms with Crippen LogP contribution in [0, 0.1) is 11.6 Å². The third kappa shape index (κ3) is 4.01. The molecule has 4 N–H and O–H groups in total. The zero-order valence-electron chi connectivity index (χ0n) is 11.8. The van der Waals surface area contributed by atoms with E-state index in [0.717, 1.165) is 17.8 Å². The van der Waals surface area contributed by atoms with Crippen molar-refractivity contribution in [3.63, 3.8) is 0 Å². The molecule has 118 valence electrons. The summed E-state index contributed by atoms with van der Waals surface area (Å²) in [5.74, 6) is -2.04. The van der Waals surface area contributed by atoms with Gasteiger partial charge in [-0.2, -0.15) is 5.10 Å². The van der Waals surface area contributed by atoms with Crippen LogP contribution < -0.4 is 10.6 Å². The molecule has 8 heteroatoms. The molecule has 0 saturated carbocycles. The zero-order chi connectivity index (χ0) is 16.1. The fraction of sp³-hybridized carbons (Fsp3) is 0.286. The van der Waals surface area contributed by atoms with Gasteiger partial charge in [-0.1, -0.05) is 6.07 Å². The first-order valence-corrected chi connectivity index (χ1v) is 6.63. The van der Waals surface area contributed by atoms with Crippen LogP contribution in [0.3, 0.4) is 0 Å². The molecule has 1 aromatic heterocycles. The number of aliphatic hydroxyl groups excluding tert-OH is 1. The van der Waals surface area contributed by atoms with Gasteiger partial charge in [-0.15, -0.1) is 0 Å². The van der Waals surface area contributed by atoms with Crippen molar-refractivity contribution < 1.29 is 18.7 Å². The van der Waals surface area contributed by atoms with E-state index >= 15 is 0 Å². The Kier molecular flexibility index (Phi) is 5.05. The summed E-state index contributed by atoms with van der Waals surface area (Å²) in [6.07, 6.45) is 0.401. The highest BCUT2D eigenvalue weighted by Crippen LogP contribution is 2.19. The number of aliphatic hydroxyl groups is 1. The first-order valence-electron chi connectivity index (χ1n) is 6.63. The van der Waals surface area contributed by atoms with Gasteiger partial charge in [-0.05, 0) is 30.7 Å². The summed E-state index contributed by atoms with van der Waals surface area (Å²) in [6, 6.07) is 3.62. The molecule has 2 atom stereocenters. The third-order valence-corrected chi connectivity index (χ3v) is 3.12. The zero-order valence-corrected chi connectivity index (χ0v) is 11.8. The molecule has 6 nitrogen and oxygen atoms in total. The molecule has 0 fully saturated rings. The summed E-state index contributed by atoms with van der Waals surface area (Å²) < 4.78 is 26.0. The van der Waals surface area contributed by atoms with E-state index in [2.05, 4.69) is 20.8 Å². The topological polar surface area (TPSA) is 90.0 Å². The van der Waals surface area contributed by atoms with Gasteiger partial charge in [0, 0.05) is 6.20 Å². The molecule has 0 aliphatic rings. The lowest BCUT2D eigenvalue weighted by Crippen LogP contribution is -2.43. The second-order valence-corrected chi connectivity index (χ2v) is 4.82. The molecule has 2 rings (SSSR count). The largest absolute Gasteiger partial charge is 0.386 e. The molecule has 0 saturated heterocycles. The van der Waals surface area contributed by atoms with Crippen LogP contribution in [0.2, 0.25) is 0 Å². The van der Waals surface area contributed by atoms with Gasteiger partial charge in [0.2, 0.25) is 0 Å². The maximum absolute atomic E-state index is 13.1. The average Bonchev–Trinajstić information content (AvgIpc) is 3.00. The van der Waals surface area contributed by atoms with E-state index in [1.165, 1.54) is 6.07 Å². The van der Waals surface area contributed by atoms with Crippen molar-refractivity contribution in [3.05, 3.63) is 53.4 Å². The molecule has 2 aromatic rings. The van der Waals surface area contributed by atoms with Gasteiger partial charge < -0.3 is 15.7 Å². The van der Waals surface area contributed by atoms with Crippen LogP contribution in [0.4, 0.5) is 13.6 Å². The summed E-state index contributed by atoms with van der Waals surface area (Å²) >= 11 is 0. The van der Waals surface area contributed by atoms with Crippen LogP contribution >= 0.6 is 0 Å². The van der Waals surface area contributed by atoms with Gasteiger partial charge in [0.25, 0.3) is 0 Å². The number of carbonyl (C=O) groups is 1. The molecule has 0 aliphatic carbocycles. The maximum Gasteiger partial charge on any atom is 0.315 e. The lowest BCUT2D eigenvalue weighted by Gasteiger charge is -2.21. The Morgan fingerprint density at radius 2 is 2.14 bits per heavy atom. The molecule has 0 spiro atoms. The minimum Gasteiger partial charge on any atom is -0.386 e. The summed E-state index contributed by atoms with van der Waals surface area (Å²) in [4.78, 5) is 11.7. The normalized spacial score (nSPS) is 13.5. The van der Waals surface area contributed by atoms with Crippen LogP contribution in [0.15, 0.2) is 30.5 Å². The minimum absolute atomic E-state index is 0.181. The van der Waals surface area contributed by atoms with Gasteiger partial charge in [0.1, 0.15) is 0 Å². The van der Waals surface area contributed by atoms with Gasteiger partial charge in [0.15, 0.2) is 11.6 Å². The molecule has 2 unspecified atom stereocenters. The van der Waals surface area contributed by atoms with Crippen molar-refractivity contribution in [2.75, 3.05) is 0 Å². The average molecular weight is 310 g/mol. The molecule has 0 bridgehead atoms. The predicted molar refractivity (Wildman–Crippen MR) is 74.7 cm³/mol. The Bertz CT molecular complexity index is 634. The van der Waals surface area contributed by atoms with Crippen LogP contribution in [-0.2, 0) is 6.54 Å². The van der Waals surface area contributed by atoms with E-state index in [0.29, 0.717) is 0 Å². The Morgan fingerprint density at radius 3 is 2.77 bits per heavy atom. The number of halogens is 2. The SMILES string of the molecule is CC(NC(=O)NCc1ccn[nH]1)C(O)c1ccc(F)c(F)c1. The summed E-state index contributed by atoms with van der Waals surface area (Å²) in [5, 5.41) is 21.6. The number of nitrogens with zero attached hydrogens (tertiary/aromatic N) is 1. The maximum atomic E-state index is 13.1. The lowest BCUT2D eigenvalue weighted by molar-refractivity contribution is 0.137. The number of H-pyrrole nitrogens is 1. The van der Waals surface area contributed by atoms with E-state index in [4.69, 9.17) is 0 Å². The van der Waals surface area contributed by atoms with Crippen molar-refractivity contribution in [2.24, 2.45) is 0 Å². The number of carbonyl (C=O) groups excluding carboxylic acids is 1. The molecule has 1 heterocycles. The second kappa shape index (κ2) is 6.99. The van der Waals surface area contributed by atoms with Crippen molar-refractivity contribution in [3.8, 4) is 0 Å². The van der Waals surface area contributed by atoms with Gasteiger partial charge in [0.05, 0.1) is 24.4 Å². The van der Waals surface area contributed by atoms with Crippen molar-refractivity contribution in [1.29, 1.82) is 0 Å². The molecule has 22 heavy (non-hydrogen) atoms. The Balaban J connectivity index is 1.88. The number of aromatic nitrogens is 2. The van der Waals surface area contributed by atoms with E-state index in [-0.39, 0.29) is 12.1 Å². The first kappa shape index (κ1) is 15.9. The molecule has 0 radical (unpaired) electrons. The molecule has 2 amide bonds. The number of hydrogen-bond acceptors (Lipinski definition) is 3.